The van der Waals surface area contributed by atoms with Crippen LogP contribution in [0.4, 0.5) is 15.8 Å². The number of likely N-dealkylation sites (tertiary alicyclic amines) is 1. The molecule has 100 valence electrons. The Bertz CT molecular complexity index is 387. The summed E-state index contributed by atoms with van der Waals surface area (Å²) in [6.07, 6.45) is 3.65. The fourth-order valence-corrected chi connectivity index (χ4v) is 2.45. The van der Waals surface area contributed by atoms with Gasteiger partial charge in [0, 0.05) is 6.54 Å². The number of nitrogen functional groups attached to an aromatic ring is 1. The highest BCUT2D eigenvalue weighted by Gasteiger charge is 2.16. The molecule has 0 aliphatic carbocycles. The molecule has 3 N–H and O–H groups in total. The van der Waals surface area contributed by atoms with Gasteiger partial charge in [0.2, 0.25) is 0 Å². The summed E-state index contributed by atoms with van der Waals surface area (Å²) < 4.78 is 13.2. The lowest BCUT2D eigenvalue weighted by molar-refractivity contribution is 0.215. The zero-order valence-electron chi connectivity index (χ0n) is 11.0. The first-order chi connectivity index (χ1) is 8.66. The van der Waals surface area contributed by atoms with Crippen LogP contribution in [0, 0.1) is 11.7 Å². The van der Waals surface area contributed by atoms with Crippen LogP contribution in [0.1, 0.15) is 19.3 Å². The van der Waals surface area contributed by atoms with Crippen LogP contribution in [0.3, 0.4) is 0 Å². The molecule has 1 aromatic rings. The molecule has 0 bridgehead atoms. The van der Waals surface area contributed by atoms with Gasteiger partial charge in [0.05, 0.1) is 11.4 Å². The predicted molar refractivity (Wildman–Crippen MR) is 74.1 cm³/mol. The van der Waals surface area contributed by atoms with Gasteiger partial charge in [-0.2, -0.15) is 0 Å². The first kappa shape index (κ1) is 13.1. The van der Waals surface area contributed by atoms with Crippen LogP contribution in [0.5, 0.6) is 0 Å². The molecule has 1 aliphatic heterocycles. The summed E-state index contributed by atoms with van der Waals surface area (Å²) in [6, 6.07) is 4.90. The summed E-state index contributed by atoms with van der Waals surface area (Å²) in [5, 5.41) is 3.23. The Morgan fingerprint density at radius 3 is 2.83 bits per heavy atom. The third-order valence-corrected chi connectivity index (χ3v) is 3.76. The quantitative estimate of drug-likeness (QED) is 0.808. The van der Waals surface area contributed by atoms with E-state index in [1.54, 1.807) is 6.07 Å². The molecule has 1 heterocycles. The second-order valence-corrected chi connectivity index (χ2v) is 5.16. The summed E-state index contributed by atoms with van der Waals surface area (Å²) in [5.74, 6) is 0.433. The lowest BCUT2D eigenvalue weighted by Gasteiger charge is -2.29. The molecule has 0 atom stereocenters. The average Bonchev–Trinajstić information content (AvgIpc) is 2.37. The highest BCUT2D eigenvalue weighted by atomic mass is 19.1. The number of nitrogens with one attached hydrogen (secondary N) is 1. The number of para-hydroxylation sites is 1. The normalized spacial score (nSPS) is 17.9. The minimum atomic E-state index is -0.348. The topological polar surface area (TPSA) is 41.3 Å². The minimum Gasteiger partial charge on any atom is -0.395 e. The van der Waals surface area contributed by atoms with E-state index in [0.717, 1.165) is 18.9 Å². The number of hydrogen-bond acceptors (Lipinski definition) is 3. The molecule has 2 rings (SSSR count). The molecule has 1 aromatic carbocycles. The number of hydrogen-bond donors (Lipinski definition) is 2. The number of benzene rings is 1. The van der Waals surface area contributed by atoms with E-state index >= 15 is 0 Å². The van der Waals surface area contributed by atoms with E-state index in [0.29, 0.717) is 5.69 Å². The molecule has 1 fully saturated rings. The Morgan fingerprint density at radius 2 is 2.11 bits per heavy atom. The summed E-state index contributed by atoms with van der Waals surface area (Å²) in [6.45, 7) is 3.24. The van der Waals surface area contributed by atoms with Crippen LogP contribution >= 0.6 is 0 Å². The number of rotatable bonds is 4. The SMILES string of the molecule is CN1CCC(CCNc2cccc(F)c2N)CC1. The van der Waals surface area contributed by atoms with E-state index in [1.165, 1.54) is 32.0 Å². The highest BCUT2D eigenvalue weighted by molar-refractivity contribution is 5.66. The van der Waals surface area contributed by atoms with Gasteiger partial charge in [-0.25, -0.2) is 4.39 Å². The molecule has 0 unspecified atom stereocenters. The van der Waals surface area contributed by atoms with Crippen molar-refractivity contribution in [3.05, 3.63) is 24.0 Å². The van der Waals surface area contributed by atoms with Gasteiger partial charge in [0.25, 0.3) is 0 Å². The third-order valence-electron chi connectivity index (χ3n) is 3.76. The molecule has 0 spiro atoms. The van der Waals surface area contributed by atoms with Gasteiger partial charge in [-0.15, -0.1) is 0 Å². The monoisotopic (exact) mass is 251 g/mol. The van der Waals surface area contributed by atoms with Crippen molar-refractivity contribution >= 4 is 11.4 Å². The van der Waals surface area contributed by atoms with Gasteiger partial charge in [-0.1, -0.05) is 6.07 Å². The lowest BCUT2D eigenvalue weighted by Crippen LogP contribution is -2.30. The van der Waals surface area contributed by atoms with Crippen LogP contribution in [-0.4, -0.2) is 31.6 Å². The van der Waals surface area contributed by atoms with Gasteiger partial charge < -0.3 is 16.0 Å². The van der Waals surface area contributed by atoms with Crippen molar-refractivity contribution in [1.29, 1.82) is 0 Å². The standard InChI is InChI=1S/C14H22FN3/c1-18-9-6-11(7-10-18)5-8-17-13-4-2-3-12(15)14(13)16/h2-4,11,17H,5-10,16H2,1H3. The first-order valence-corrected chi connectivity index (χ1v) is 6.63. The van der Waals surface area contributed by atoms with Gasteiger partial charge in [0.15, 0.2) is 0 Å². The van der Waals surface area contributed by atoms with E-state index in [-0.39, 0.29) is 11.5 Å². The number of anilines is 2. The zero-order valence-corrected chi connectivity index (χ0v) is 11.0. The predicted octanol–water partition coefficient (Wildman–Crippen LogP) is 2.55. The van der Waals surface area contributed by atoms with Crippen molar-refractivity contribution in [1.82, 2.24) is 4.90 Å². The van der Waals surface area contributed by atoms with Gasteiger partial charge in [-0.05, 0) is 57.5 Å². The third kappa shape index (κ3) is 3.35. The average molecular weight is 251 g/mol. The van der Waals surface area contributed by atoms with Crippen molar-refractivity contribution in [2.75, 3.05) is 37.7 Å². The van der Waals surface area contributed by atoms with Crippen LogP contribution in [-0.2, 0) is 0 Å². The smallest absolute Gasteiger partial charge is 0.148 e. The minimum absolute atomic E-state index is 0.223. The summed E-state index contributed by atoms with van der Waals surface area (Å²) >= 11 is 0. The lowest BCUT2D eigenvalue weighted by atomic mass is 9.94. The highest BCUT2D eigenvalue weighted by Crippen LogP contribution is 2.23. The zero-order chi connectivity index (χ0) is 13.0. The maximum atomic E-state index is 13.2. The first-order valence-electron chi connectivity index (χ1n) is 6.63. The van der Waals surface area contributed by atoms with Gasteiger partial charge >= 0.3 is 0 Å². The van der Waals surface area contributed by atoms with E-state index in [2.05, 4.69) is 17.3 Å². The molecule has 0 aromatic heterocycles. The van der Waals surface area contributed by atoms with Crippen molar-refractivity contribution in [2.24, 2.45) is 5.92 Å². The molecule has 18 heavy (non-hydrogen) atoms. The van der Waals surface area contributed by atoms with E-state index in [9.17, 15) is 4.39 Å². The molecule has 4 heteroatoms. The molecule has 0 saturated carbocycles. The van der Waals surface area contributed by atoms with Gasteiger partial charge in [0.1, 0.15) is 5.82 Å². The maximum Gasteiger partial charge on any atom is 0.148 e. The Hall–Kier alpha value is -1.29. The largest absolute Gasteiger partial charge is 0.395 e. The second-order valence-electron chi connectivity index (χ2n) is 5.16. The molecule has 0 radical (unpaired) electrons. The van der Waals surface area contributed by atoms with Crippen LogP contribution in [0.15, 0.2) is 18.2 Å². The number of nitrogens with zero attached hydrogens (tertiary/aromatic N) is 1. The molecule has 3 nitrogen and oxygen atoms in total. The molecular formula is C14H22FN3. The van der Waals surface area contributed by atoms with E-state index in [4.69, 9.17) is 5.73 Å². The number of nitrogens with two attached hydrogens (primary N) is 1. The molecule has 1 saturated heterocycles. The van der Waals surface area contributed by atoms with Crippen molar-refractivity contribution < 1.29 is 4.39 Å². The summed E-state index contributed by atoms with van der Waals surface area (Å²) in [4.78, 5) is 2.37. The van der Waals surface area contributed by atoms with Crippen LogP contribution in [0.25, 0.3) is 0 Å². The van der Waals surface area contributed by atoms with E-state index in [1.807, 2.05) is 6.07 Å². The number of piperidine rings is 1. The molecular weight excluding hydrogens is 229 g/mol. The van der Waals surface area contributed by atoms with Crippen LogP contribution < -0.4 is 11.1 Å². The maximum absolute atomic E-state index is 13.2. The Kier molecular flexibility index (Phi) is 4.42. The van der Waals surface area contributed by atoms with E-state index < -0.39 is 0 Å². The summed E-state index contributed by atoms with van der Waals surface area (Å²) in [5.41, 5.74) is 6.61. The van der Waals surface area contributed by atoms with Crippen LogP contribution in [0.2, 0.25) is 0 Å². The van der Waals surface area contributed by atoms with Crippen molar-refractivity contribution in [3.63, 3.8) is 0 Å². The van der Waals surface area contributed by atoms with Crippen molar-refractivity contribution in [3.8, 4) is 0 Å². The second kappa shape index (κ2) is 6.05. The fraction of sp³-hybridized carbons (Fsp3) is 0.571. The summed E-state index contributed by atoms with van der Waals surface area (Å²) in [7, 11) is 2.17. The van der Waals surface area contributed by atoms with Gasteiger partial charge in [-0.3, -0.25) is 0 Å². The number of halogens is 1. The molecule has 0 amide bonds. The Labute approximate surface area is 108 Å². The Morgan fingerprint density at radius 1 is 1.39 bits per heavy atom. The Balaban J connectivity index is 1.77. The molecule has 1 aliphatic rings. The van der Waals surface area contributed by atoms with Crippen molar-refractivity contribution in [2.45, 2.75) is 19.3 Å². The fourth-order valence-electron chi connectivity index (χ4n) is 2.45.